The Hall–Kier alpha value is -0.810. The summed E-state index contributed by atoms with van der Waals surface area (Å²) in [5, 5.41) is 59.9. The Morgan fingerprint density at radius 1 is 1.00 bits per heavy atom. The molecule has 15 atom stereocenters. The third-order valence-electron chi connectivity index (χ3n) is 13.1. The van der Waals surface area contributed by atoms with Crippen LogP contribution in [0.15, 0.2) is 0 Å². The molecule has 0 amide bonds. The Balaban J connectivity index is 1.32. The van der Waals surface area contributed by atoms with Gasteiger partial charge in [0.25, 0.3) is 0 Å². The van der Waals surface area contributed by atoms with E-state index in [0.29, 0.717) is 44.6 Å². The van der Waals surface area contributed by atoms with E-state index >= 15 is 0 Å². The van der Waals surface area contributed by atoms with E-state index < -0.39 is 70.0 Å². The van der Waals surface area contributed by atoms with Crippen molar-refractivity contribution < 1.29 is 39.8 Å². The molecule has 0 aromatic heterocycles. The molecule has 3 aliphatic heterocycles. The Kier molecular flexibility index (Phi) is 5.30. The summed E-state index contributed by atoms with van der Waals surface area (Å²) < 4.78 is 12.4. The second-order valence-electron chi connectivity index (χ2n) is 14.7. The summed E-state index contributed by atoms with van der Waals surface area (Å²) in [5.74, 6) is -3.56. The monoisotopic (exact) mass is 535 g/mol. The molecule has 4 saturated carbocycles. The molecular formula is C29H45NO8. The maximum atomic E-state index is 12.6. The van der Waals surface area contributed by atoms with Crippen LogP contribution in [0.3, 0.4) is 0 Å². The van der Waals surface area contributed by atoms with Crippen molar-refractivity contribution in [3.8, 4) is 0 Å². The van der Waals surface area contributed by atoms with Crippen molar-refractivity contribution in [1.29, 1.82) is 0 Å². The molecule has 9 heteroatoms. The van der Waals surface area contributed by atoms with Gasteiger partial charge in [0.05, 0.1) is 17.3 Å². The van der Waals surface area contributed by atoms with E-state index in [1.165, 1.54) is 6.92 Å². The van der Waals surface area contributed by atoms with Gasteiger partial charge < -0.3 is 35.0 Å². The number of nitrogens with zero attached hydrogens (tertiary/aromatic N) is 1. The predicted octanol–water partition coefficient (Wildman–Crippen LogP) is 0.786. The number of hydrogen-bond donors (Lipinski definition) is 5. The van der Waals surface area contributed by atoms with Crippen LogP contribution in [-0.2, 0) is 14.3 Å². The molecule has 0 aromatic carbocycles. The second kappa shape index (κ2) is 7.72. The summed E-state index contributed by atoms with van der Waals surface area (Å²) in [6.07, 6.45) is 1.09. The van der Waals surface area contributed by atoms with Crippen LogP contribution in [0.1, 0.15) is 72.6 Å². The van der Waals surface area contributed by atoms with E-state index in [9.17, 15) is 30.3 Å². The number of aliphatic hydroxyl groups excluding tert-OH is 2. The fourth-order valence-corrected chi connectivity index (χ4v) is 11.7. The van der Waals surface area contributed by atoms with Gasteiger partial charge in [-0.1, -0.05) is 13.8 Å². The maximum absolute atomic E-state index is 12.6. The third-order valence-corrected chi connectivity index (χ3v) is 13.1. The first-order chi connectivity index (χ1) is 17.7. The van der Waals surface area contributed by atoms with Gasteiger partial charge in [-0.3, -0.25) is 9.69 Å². The highest BCUT2D eigenvalue weighted by atomic mass is 16.7. The highest BCUT2D eigenvalue weighted by molar-refractivity contribution is 5.66. The van der Waals surface area contributed by atoms with Crippen LogP contribution in [0.4, 0.5) is 0 Å². The fraction of sp³-hybridized carbons (Fsp3) is 0.966. The summed E-state index contributed by atoms with van der Waals surface area (Å²) >= 11 is 0. The zero-order chi connectivity index (χ0) is 27.2. The topological polar surface area (TPSA) is 140 Å². The van der Waals surface area contributed by atoms with Gasteiger partial charge in [0.1, 0.15) is 11.7 Å². The van der Waals surface area contributed by atoms with Crippen molar-refractivity contribution in [2.45, 2.75) is 120 Å². The van der Waals surface area contributed by atoms with Crippen LogP contribution in [0.2, 0.25) is 0 Å². The van der Waals surface area contributed by atoms with Crippen molar-refractivity contribution in [3.63, 3.8) is 0 Å². The van der Waals surface area contributed by atoms with Crippen LogP contribution < -0.4 is 0 Å². The van der Waals surface area contributed by atoms with Crippen LogP contribution in [0.25, 0.3) is 0 Å². The fourth-order valence-electron chi connectivity index (χ4n) is 11.7. The maximum Gasteiger partial charge on any atom is 0.303 e. The lowest BCUT2D eigenvalue weighted by Gasteiger charge is -2.63. The first-order valence-electron chi connectivity index (χ1n) is 14.9. The van der Waals surface area contributed by atoms with Gasteiger partial charge >= 0.3 is 5.97 Å². The molecule has 0 radical (unpaired) electrons. The van der Waals surface area contributed by atoms with Crippen molar-refractivity contribution in [1.82, 2.24) is 4.90 Å². The largest absolute Gasteiger partial charge is 0.457 e. The van der Waals surface area contributed by atoms with Gasteiger partial charge in [-0.25, -0.2) is 0 Å². The minimum atomic E-state index is -1.65. The van der Waals surface area contributed by atoms with Crippen molar-refractivity contribution in [2.24, 2.45) is 40.9 Å². The zero-order valence-corrected chi connectivity index (χ0v) is 23.0. The summed E-state index contributed by atoms with van der Waals surface area (Å²) in [6.45, 7) is 9.02. The summed E-state index contributed by atoms with van der Waals surface area (Å²) in [7, 11) is 0. The number of piperidine rings is 2. The molecule has 3 saturated heterocycles. The lowest BCUT2D eigenvalue weighted by Crippen LogP contribution is -2.76. The number of carbonyl (C=O) groups excluding carboxylic acids is 1. The predicted molar refractivity (Wildman–Crippen MR) is 134 cm³/mol. The number of aliphatic hydroxyl groups is 5. The van der Waals surface area contributed by atoms with Crippen molar-refractivity contribution >= 4 is 5.97 Å². The van der Waals surface area contributed by atoms with Gasteiger partial charge in [0, 0.05) is 49.2 Å². The van der Waals surface area contributed by atoms with Crippen molar-refractivity contribution in [3.05, 3.63) is 0 Å². The standard InChI is InChI=1S/C29H45NO8/c1-14-5-8-20-26(4,34)22-16(13-30(20)12-14)17-11-27-19(28(17,35)24(33)23(22)32)7-6-18-25(27,3)10-9-21(37-15(2)31)29(18,36)38-27/h14,16-24,32-36H,5-13H2,1-4H3/t14-,16-,17-,18-,19+,20-,21-,22+,23+,24-,25-,26+,27+,28-,29+/m0/s1. The molecule has 0 aromatic rings. The number of fused-ring (bicyclic) bond motifs is 5. The minimum absolute atomic E-state index is 0.0936. The highest BCUT2D eigenvalue weighted by Crippen LogP contribution is 2.77. The Morgan fingerprint density at radius 3 is 2.42 bits per heavy atom. The molecule has 5 N–H and O–H groups in total. The Morgan fingerprint density at radius 2 is 1.71 bits per heavy atom. The molecule has 9 nitrogen and oxygen atoms in total. The normalized spacial score (nSPS) is 62.9. The number of hydrogen-bond acceptors (Lipinski definition) is 9. The van der Waals surface area contributed by atoms with Gasteiger partial charge in [0.2, 0.25) is 5.79 Å². The SMILES string of the molecule is CC(=O)O[C@H]1CC[C@@]2(C)[C@@H]3CC[C@H]4[C@]5(O)[C@@H](O)[C@H](O)[C@H]6[C@@H](CN7C[C@@H](C)CC[C@H]7[C@@]6(C)O)[C@@H]5C[C@@]42O[C@@]13O. The zero-order valence-electron chi connectivity index (χ0n) is 23.0. The smallest absolute Gasteiger partial charge is 0.303 e. The first kappa shape index (κ1) is 26.1. The number of ether oxygens (including phenoxy) is 2. The molecule has 7 rings (SSSR count). The van der Waals surface area contributed by atoms with Gasteiger partial charge in [-0.2, -0.15) is 0 Å². The minimum Gasteiger partial charge on any atom is -0.457 e. The molecule has 3 heterocycles. The average molecular weight is 536 g/mol. The van der Waals surface area contributed by atoms with Crippen LogP contribution in [0.5, 0.6) is 0 Å². The molecule has 1 spiro atoms. The molecule has 38 heavy (non-hydrogen) atoms. The van der Waals surface area contributed by atoms with E-state index in [2.05, 4.69) is 18.7 Å². The molecule has 7 fully saturated rings. The van der Waals surface area contributed by atoms with E-state index in [1.807, 2.05) is 0 Å². The van der Waals surface area contributed by atoms with Gasteiger partial charge in [-0.15, -0.1) is 0 Å². The summed E-state index contributed by atoms with van der Waals surface area (Å²) in [6, 6.07) is -0.0936. The second-order valence-corrected chi connectivity index (χ2v) is 14.7. The Labute approximate surface area is 224 Å². The molecular weight excluding hydrogens is 490 g/mol. The van der Waals surface area contributed by atoms with Gasteiger partial charge in [0.15, 0.2) is 6.10 Å². The van der Waals surface area contributed by atoms with Gasteiger partial charge in [-0.05, 0) is 69.6 Å². The molecule has 4 bridgehead atoms. The van der Waals surface area contributed by atoms with Crippen LogP contribution in [-0.4, -0.2) is 96.4 Å². The average Bonchev–Trinajstić information content (AvgIpc) is 3.07. The Bertz CT molecular complexity index is 1040. The highest BCUT2D eigenvalue weighted by Gasteiger charge is 2.85. The van der Waals surface area contributed by atoms with E-state index in [1.54, 1.807) is 6.92 Å². The third kappa shape index (κ3) is 2.80. The number of rotatable bonds is 1. The number of carbonyl (C=O) groups is 1. The van der Waals surface area contributed by atoms with Crippen LogP contribution in [0, 0.1) is 40.9 Å². The quantitative estimate of drug-likeness (QED) is 0.308. The first-order valence-corrected chi connectivity index (χ1v) is 14.9. The summed E-state index contributed by atoms with van der Waals surface area (Å²) in [5.41, 5.74) is -4.22. The lowest BCUT2D eigenvalue weighted by molar-refractivity contribution is -0.292. The van der Waals surface area contributed by atoms with E-state index in [0.717, 1.165) is 19.4 Å². The molecule has 0 unspecified atom stereocenters. The van der Waals surface area contributed by atoms with Crippen LogP contribution >= 0.6 is 0 Å². The molecule has 214 valence electrons. The van der Waals surface area contributed by atoms with Crippen molar-refractivity contribution in [2.75, 3.05) is 13.1 Å². The molecule has 7 aliphatic rings. The number of esters is 1. The summed E-state index contributed by atoms with van der Waals surface area (Å²) in [4.78, 5) is 14.3. The van der Waals surface area contributed by atoms with E-state index in [-0.39, 0.29) is 17.9 Å². The van der Waals surface area contributed by atoms with E-state index in [4.69, 9.17) is 9.47 Å². The lowest BCUT2D eigenvalue weighted by atomic mass is 9.49. The molecule has 4 aliphatic carbocycles.